The fraction of sp³-hybridized carbons (Fsp3) is 0.520. The van der Waals surface area contributed by atoms with Gasteiger partial charge in [-0.2, -0.15) is 0 Å². The fourth-order valence-electron chi connectivity index (χ4n) is 4.97. The highest BCUT2D eigenvalue weighted by molar-refractivity contribution is 5.54. The van der Waals surface area contributed by atoms with Gasteiger partial charge in [-0.05, 0) is 55.0 Å². The van der Waals surface area contributed by atoms with Crippen LogP contribution in [0, 0.1) is 0 Å². The van der Waals surface area contributed by atoms with E-state index in [0.29, 0.717) is 5.75 Å². The van der Waals surface area contributed by atoms with Gasteiger partial charge in [-0.1, -0.05) is 56.0 Å². The molecule has 1 saturated carbocycles. The van der Waals surface area contributed by atoms with Crippen LogP contribution >= 0.6 is 0 Å². The standard InChI is InChI=1S/C25H34N2O/c28-24-12-7-8-21(20-24)14-15-22-9-5-6-13-25(22)27-18-16-26(17-19-27)23-10-3-1-2-4-11-23/h5-9,12-13,20,23,28H,1-4,10-11,14-19H2. The molecule has 0 amide bonds. The van der Waals surface area contributed by atoms with E-state index in [9.17, 15) is 5.11 Å². The molecule has 0 unspecified atom stereocenters. The number of aryl methyl sites for hydroxylation is 2. The van der Waals surface area contributed by atoms with E-state index in [-0.39, 0.29) is 0 Å². The number of hydrogen-bond donors (Lipinski definition) is 1. The Kier molecular flexibility index (Phi) is 6.53. The second kappa shape index (κ2) is 9.47. The average molecular weight is 379 g/mol. The highest BCUT2D eigenvalue weighted by Gasteiger charge is 2.25. The second-order valence-electron chi connectivity index (χ2n) is 8.47. The molecule has 1 heterocycles. The maximum atomic E-state index is 9.71. The van der Waals surface area contributed by atoms with Gasteiger partial charge in [0.2, 0.25) is 0 Å². The van der Waals surface area contributed by atoms with E-state index in [0.717, 1.165) is 32.0 Å². The highest BCUT2D eigenvalue weighted by atomic mass is 16.3. The third-order valence-corrected chi connectivity index (χ3v) is 6.58. The predicted octanol–water partition coefficient (Wildman–Crippen LogP) is 5.02. The molecule has 2 aromatic rings. The topological polar surface area (TPSA) is 26.7 Å². The molecule has 1 N–H and O–H groups in total. The summed E-state index contributed by atoms with van der Waals surface area (Å²) in [6.07, 6.45) is 10.5. The van der Waals surface area contributed by atoms with Crippen LogP contribution in [0.4, 0.5) is 5.69 Å². The van der Waals surface area contributed by atoms with Crippen molar-refractivity contribution < 1.29 is 5.11 Å². The molecule has 3 nitrogen and oxygen atoms in total. The number of phenolic OH excluding ortho intramolecular Hbond substituents is 1. The van der Waals surface area contributed by atoms with E-state index in [2.05, 4.69) is 40.1 Å². The number of nitrogens with zero attached hydrogens (tertiary/aromatic N) is 2. The number of rotatable bonds is 5. The molecule has 3 heteroatoms. The summed E-state index contributed by atoms with van der Waals surface area (Å²) in [5.74, 6) is 0.361. The summed E-state index contributed by atoms with van der Waals surface area (Å²) in [7, 11) is 0. The van der Waals surface area contributed by atoms with Gasteiger partial charge >= 0.3 is 0 Å². The van der Waals surface area contributed by atoms with Crippen molar-refractivity contribution in [2.24, 2.45) is 0 Å². The van der Waals surface area contributed by atoms with Crippen LogP contribution in [-0.4, -0.2) is 42.2 Å². The zero-order valence-corrected chi connectivity index (χ0v) is 17.0. The zero-order valence-electron chi connectivity index (χ0n) is 17.0. The molecule has 2 fully saturated rings. The number of phenols is 1. The molecule has 0 radical (unpaired) electrons. The zero-order chi connectivity index (χ0) is 19.2. The Balaban J connectivity index is 1.37. The molecule has 28 heavy (non-hydrogen) atoms. The molecular weight excluding hydrogens is 344 g/mol. The summed E-state index contributed by atoms with van der Waals surface area (Å²) in [6.45, 7) is 4.68. The van der Waals surface area contributed by atoms with Crippen molar-refractivity contribution in [2.45, 2.75) is 57.4 Å². The molecule has 1 aliphatic carbocycles. The van der Waals surface area contributed by atoms with E-state index >= 15 is 0 Å². The first kappa shape index (κ1) is 19.3. The van der Waals surface area contributed by atoms with Crippen molar-refractivity contribution in [2.75, 3.05) is 31.1 Å². The van der Waals surface area contributed by atoms with E-state index in [1.807, 2.05) is 12.1 Å². The van der Waals surface area contributed by atoms with Crippen LogP contribution in [0.3, 0.4) is 0 Å². The molecule has 0 bridgehead atoms. The molecular formula is C25H34N2O. The summed E-state index contributed by atoms with van der Waals surface area (Å²) in [5.41, 5.74) is 4.03. The van der Waals surface area contributed by atoms with Crippen molar-refractivity contribution in [3.63, 3.8) is 0 Å². The fourth-order valence-corrected chi connectivity index (χ4v) is 4.97. The summed E-state index contributed by atoms with van der Waals surface area (Å²) in [4.78, 5) is 5.35. The molecule has 0 spiro atoms. The second-order valence-corrected chi connectivity index (χ2v) is 8.47. The van der Waals surface area contributed by atoms with Crippen LogP contribution in [0.25, 0.3) is 0 Å². The van der Waals surface area contributed by atoms with E-state index < -0.39 is 0 Å². The summed E-state index contributed by atoms with van der Waals surface area (Å²) in [5, 5.41) is 9.71. The smallest absolute Gasteiger partial charge is 0.115 e. The first-order valence-electron chi connectivity index (χ1n) is 11.1. The van der Waals surface area contributed by atoms with Gasteiger partial charge in [-0.15, -0.1) is 0 Å². The van der Waals surface area contributed by atoms with Gasteiger partial charge < -0.3 is 10.0 Å². The molecule has 1 aliphatic heterocycles. The Labute approximate surface area is 170 Å². The lowest BCUT2D eigenvalue weighted by molar-refractivity contribution is 0.169. The monoisotopic (exact) mass is 378 g/mol. The molecule has 1 saturated heterocycles. The lowest BCUT2D eigenvalue weighted by atomic mass is 10.0. The van der Waals surface area contributed by atoms with E-state index in [1.165, 1.54) is 68.4 Å². The van der Waals surface area contributed by atoms with Crippen molar-refractivity contribution >= 4 is 5.69 Å². The third-order valence-electron chi connectivity index (χ3n) is 6.58. The van der Waals surface area contributed by atoms with Crippen LogP contribution in [-0.2, 0) is 12.8 Å². The molecule has 2 aliphatic rings. The quantitative estimate of drug-likeness (QED) is 0.740. The highest BCUT2D eigenvalue weighted by Crippen LogP contribution is 2.27. The Morgan fingerprint density at radius 3 is 2.29 bits per heavy atom. The molecule has 4 rings (SSSR count). The normalized spacial score (nSPS) is 19.5. The minimum absolute atomic E-state index is 0.361. The molecule has 0 atom stereocenters. The Morgan fingerprint density at radius 1 is 0.786 bits per heavy atom. The number of benzene rings is 2. The summed E-state index contributed by atoms with van der Waals surface area (Å²) in [6, 6.07) is 17.4. The molecule has 2 aromatic carbocycles. The van der Waals surface area contributed by atoms with Crippen molar-refractivity contribution in [1.82, 2.24) is 4.90 Å². The van der Waals surface area contributed by atoms with Gasteiger partial charge in [0.15, 0.2) is 0 Å². The van der Waals surface area contributed by atoms with Crippen LogP contribution in [0.5, 0.6) is 5.75 Å². The van der Waals surface area contributed by atoms with Crippen molar-refractivity contribution in [1.29, 1.82) is 0 Å². The minimum Gasteiger partial charge on any atom is -0.508 e. The number of piperazine rings is 1. The number of anilines is 1. The number of para-hydroxylation sites is 1. The Hall–Kier alpha value is -2.00. The molecule has 150 valence electrons. The van der Waals surface area contributed by atoms with Gasteiger partial charge in [-0.25, -0.2) is 0 Å². The number of hydrogen-bond acceptors (Lipinski definition) is 3. The van der Waals surface area contributed by atoms with Crippen LogP contribution in [0.2, 0.25) is 0 Å². The van der Waals surface area contributed by atoms with Crippen molar-refractivity contribution in [3.05, 3.63) is 59.7 Å². The van der Waals surface area contributed by atoms with Gasteiger partial charge in [0.1, 0.15) is 5.75 Å². The third kappa shape index (κ3) is 4.88. The first-order chi connectivity index (χ1) is 13.8. The summed E-state index contributed by atoms with van der Waals surface area (Å²) >= 11 is 0. The predicted molar refractivity (Wildman–Crippen MR) is 117 cm³/mol. The first-order valence-corrected chi connectivity index (χ1v) is 11.1. The number of aromatic hydroxyl groups is 1. The molecule has 0 aromatic heterocycles. The average Bonchev–Trinajstić information content (AvgIpc) is 3.02. The van der Waals surface area contributed by atoms with Crippen LogP contribution < -0.4 is 4.90 Å². The van der Waals surface area contributed by atoms with Gasteiger partial charge in [0.25, 0.3) is 0 Å². The lowest BCUT2D eigenvalue weighted by Gasteiger charge is -2.40. The largest absolute Gasteiger partial charge is 0.508 e. The maximum Gasteiger partial charge on any atom is 0.115 e. The van der Waals surface area contributed by atoms with Gasteiger partial charge in [-0.3, -0.25) is 4.90 Å². The Bertz CT molecular complexity index is 744. The van der Waals surface area contributed by atoms with E-state index in [4.69, 9.17) is 0 Å². The Morgan fingerprint density at radius 2 is 1.54 bits per heavy atom. The van der Waals surface area contributed by atoms with Gasteiger partial charge in [0.05, 0.1) is 0 Å². The van der Waals surface area contributed by atoms with Crippen LogP contribution in [0.1, 0.15) is 49.7 Å². The maximum absolute atomic E-state index is 9.71. The lowest BCUT2D eigenvalue weighted by Crippen LogP contribution is -2.50. The summed E-state index contributed by atoms with van der Waals surface area (Å²) < 4.78 is 0. The SMILES string of the molecule is Oc1cccc(CCc2ccccc2N2CCN(C3CCCCCC3)CC2)c1. The van der Waals surface area contributed by atoms with Crippen molar-refractivity contribution in [3.8, 4) is 5.75 Å². The van der Waals surface area contributed by atoms with E-state index in [1.54, 1.807) is 6.07 Å². The minimum atomic E-state index is 0.361. The van der Waals surface area contributed by atoms with Gasteiger partial charge in [0, 0.05) is 37.9 Å². The van der Waals surface area contributed by atoms with Crippen LogP contribution in [0.15, 0.2) is 48.5 Å².